The summed E-state index contributed by atoms with van der Waals surface area (Å²) in [6, 6.07) is 5.32. The summed E-state index contributed by atoms with van der Waals surface area (Å²) in [7, 11) is -1.16. The van der Waals surface area contributed by atoms with Gasteiger partial charge in [0.1, 0.15) is 0 Å². The van der Waals surface area contributed by atoms with Crippen molar-refractivity contribution in [3.05, 3.63) is 34.9 Å². The summed E-state index contributed by atoms with van der Waals surface area (Å²) in [6.07, 6.45) is 2.58. The summed E-state index contributed by atoms with van der Waals surface area (Å²) in [6.45, 7) is 5.77. The highest BCUT2D eigenvalue weighted by atomic mass is 32.2. The Balaban J connectivity index is 2.32. The topological polar surface area (TPSA) is 66.4 Å². The summed E-state index contributed by atoms with van der Waals surface area (Å²) in [5.41, 5.74) is 2.24. The monoisotopic (exact) mass is 295 g/mol. The number of hydrogen-bond acceptors (Lipinski definition) is 2. The zero-order valence-corrected chi connectivity index (χ0v) is 12.9. The molecule has 1 aliphatic carbocycles. The quantitative estimate of drug-likeness (QED) is 0.901. The van der Waals surface area contributed by atoms with Gasteiger partial charge < -0.3 is 5.11 Å². The van der Waals surface area contributed by atoms with Crippen LogP contribution >= 0.6 is 0 Å². The zero-order chi connectivity index (χ0) is 14.9. The SMILES string of the molecule is CC(C)(C)S(=O)N[C@H]1CCCc2c(C(=O)O)cccc21. The fourth-order valence-electron chi connectivity index (χ4n) is 2.48. The van der Waals surface area contributed by atoms with Crippen LogP contribution in [0.5, 0.6) is 0 Å². The van der Waals surface area contributed by atoms with Crippen molar-refractivity contribution < 1.29 is 14.1 Å². The molecular weight excluding hydrogens is 274 g/mol. The van der Waals surface area contributed by atoms with E-state index in [1.165, 1.54) is 0 Å². The summed E-state index contributed by atoms with van der Waals surface area (Å²) < 4.78 is 15.1. The number of hydrogen-bond donors (Lipinski definition) is 2. The van der Waals surface area contributed by atoms with Gasteiger partial charge >= 0.3 is 5.97 Å². The van der Waals surface area contributed by atoms with Crippen LogP contribution < -0.4 is 4.72 Å². The number of nitrogens with one attached hydrogen (secondary N) is 1. The van der Waals surface area contributed by atoms with Gasteiger partial charge in [0.2, 0.25) is 0 Å². The maximum atomic E-state index is 12.2. The third-order valence-electron chi connectivity index (χ3n) is 3.54. The van der Waals surface area contributed by atoms with Gasteiger partial charge in [-0.3, -0.25) is 0 Å². The summed E-state index contributed by atoms with van der Waals surface area (Å²) >= 11 is 0. The molecule has 0 amide bonds. The Labute approximate surface area is 122 Å². The molecule has 0 saturated carbocycles. The van der Waals surface area contributed by atoms with E-state index in [-0.39, 0.29) is 10.8 Å². The average molecular weight is 295 g/mol. The van der Waals surface area contributed by atoms with Gasteiger partial charge in [0.05, 0.1) is 21.3 Å². The standard InChI is InChI=1S/C15H21NO3S/c1-15(2,3)20(19)16-13-9-5-6-10-11(13)7-4-8-12(10)14(17)18/h4,7-8,13,16H,5-6,9H2,1-3H3,(H,17,18)/t13-,20?/m0/s1. The Morgan fingerprint density at radius 1 is 1.40 bits per heavy atom. The van der Waals surface area contributed by atoms with E-state index in [0.29, 0.717) is 5.56 Å². The van der Waals surface area contributed by atoms with Gasteiger partial charge in [-0.15, -0.1) is 0 Å². The van der Waals surface area contributed by atoms with Crippen LogP contribution in [0.15, 0.2) is 18.2 Å². The Bertz CT molecular complexity index is 549. The summed E-state index contributed by atoms with van der Waals surface area (Å²) in [4.78, 5) is 11.3. The van der Waals surface area contributed by atoms with E-state index in [4.69, 9.17) is 0 Å². The number of fused-ring (bicyclic) bond motifs is 1. The molecule has 1 aromatic carbocycles. The molecule has 0 spiro atoms. The second-order valence-electron chi connectivity index (χ2n) is 6.12. The van der Waals surface area contributed by atoms with Gasteiger partial charge in [-0.25, -0.2) is 13.7 Å². The van der Waals surface area contributed by atoms with E-state index in [1.54, 1.807) is 12.1 Å². The summed E-state index contributed by atoms with van der Waals surface area (Å²) in [5.74, 6) is -0.889. The van der Waals surface area contributed by atoms with Crippen molar-refractivity contribution in [2.45, 2.75) is 50.8 Å². The Morgan fingerprint density at radius 3 is 2.70 bits per heavy atom. The number of benzene rings is 1. The molecule has 1 unspecified atom stereocenters. The number of carboxylic acids is 1. The maximum Gasteiger partial charge on any atom is 0.335 e. The highest BCUT2D eigenvalue weighted by Crippen LogP contribution is 2.32. The number of rotatable bonds is 3. The number of carbonyl (C=O) groups is 1. The second-order valence-corrected chi connectivity index (χ2v) is 8.12. The molecule has 20 heavy (non-hydrogen) atoms. The van der Waals surface area contributed by atoms with E-state index in [0.717, 1.165) is 30.4 Å². The first kappa shape index (κ1) is 15.2. The van der Waals surface area contributed by atoms with Crippen LogP contribution in [0.2, 0.25) is 0 Å². The maximum absolute atomic E-state index is 12.2. The first-order valence-corrected chi connectivity index (χ1v) is 7.99. The Morgan fingerprint density at radius 2 is 2.10 bits per heavy atom. The van der Waals surface area contributed by atoms with Crippen molar-refractivity contribution in [3.8, 4) is 0 Å². The molecule has 2 N–H and O–H groups in total. The van der Waals surface area contributed by atoms with Crippen LogP contribution in [0.1, 0.15) is 61.1 Å². The molecule has 2 rings (SSSR count). The Kier molecular flexibility index (Phi) is 4.30. The van der Waals surface area contributed by atoms with Crippen molar-refractivity contribution in [3.63, 3.8) is 0 Å². The van der Waals surface area contributed by atoms with Crippen molar-refractivity contribution >= 4 is 17.0 Å². The van der Waals surface area contributed by atoms with Crippen molar-refractivity contribution in [1.82, 2.24) is 4.72 Å². The molecule has 5 heteroatoms. The van der Waals surface area contributed by atoms with E-state index >= 15 is 0 Å². The highest BCUT2D eigenvalue weighted by molar-refractivity contribution is 7.84. The van der Waals surface area contributed by atoms with Gasteiger partial charge in [0.15, 0.2) is 0 Å². The first-order chi connectivity index (χ1) is 9.30. The lowest BCUT2D eigenvalue weighted by Gasteiger charge is -2.29. The van der Waals surface area contributed by atoms with Crippen LogP contribution in [0.4, 0.5) is 0 Å². The lowest BCUT2D eigenvalue weighted by atomic mass is 9.85. The number of carboxylic acid groups (broad SMARTS) is 1. The molecule has 0 bridgehead atoms. The van der Waals surface area contributed by atoms with Crippen molar-refractivity contribution in [2.75, 3.05) is 0 Å². The molecule has 0 radical (unpaired) electrons. The zero-order valence-electron chi connectivity index (χ0n) is 12.1. The average Bonchev–Trinajstić information content (AvgIpc) is 2.37. The molecule has 0 aromatic heterocycles. The third kappa shape index (κ3) is 3.10. The molecule has 110 valence electrons. The van der Waals surface area contributed by atoms with Crippen LogP contribution in [-0.4, -0.2) is 20.0 Å². The van der Waals surface area contributed by atoms with Gasteiger partial charge in [0, 0.05) is 6.04 Å². The molecule has 1 aliphatic rings. The van der Waals surface area contributed by atoms with Gasteiger partial charge in [-0.05, 0) is 57.2 Å². The van der Waals surface area contributed by atoms with Gasteiger partial charge in [-0.2, -0.15) is 0 Å². The largest absolute Gasteiger partial charge is 0.478 e. The third-order valence-corrected chi connectivity index (χ3v) is 5.15. The highest BCUT2D eigenvalue weighted by Gasteiger charge is 2.28. The van der Waals surface area contributed by atoms with Crippen molar-refractivity contribution in [1.29, 1.82) is 0 Å². The smallest absolute Gasteiger partial charge is 0.335 e. The molecule has 2 atom stereocenters. The lowest BCUT2D eigenvalue weighted by molar-refractivity contribution is 0.0695. The first-order valence-electron chi connectivity index (χ1n) is 6.84. The van der Waals surface area contributed by atoms with Crippen LogP contribution in [0, 0.1) is 0 Å². The minimum absolute atomic E-state index is 0.0295. The molecule has 0 fully saturated rings. The van der Waals surface area contributed by atoms with Crippen LogP contribution in [-0.2, 0) is 17.4 Å². The fourth-order valence-corrected chi connectivity index (χ4v) is 3.33. The minimum Gasteiger partial charge on any atom is -0.478 e. The van der Waals surface area contributed by atoms with E-state index in [1.807, 2.05) is 26.8 Å². The molecule has 4 nitrogen and oxygen atoms in total. The van der Waals surface area contributed by atoms with Crippen LogP contribution in [0.3, 0.4) is 0 Å². The molecule has 0 aliphatic heterocycles. The number of aromatic carboxylic acids is 1. The van der Waals surface area contributed by atoms with Gasteiger partial charge in [0.25, 0.3) is 0 Å². The Hall–Kier alpha value is -1.20. The second kappa shape index (κ2) is 5.66. The van der Waals surface area contributed by atoms with E-state index in [2.05, 4.69) is 4.72 Å². The summed E-state index contributed by atoms with van der Waals surface area (Å²) in [5, 5.41) is 9.26. The van der Waals surface area contributed by atoms with Crippen molar-refractivity contribution in [2.24, 2.45) is 0 Å². The van der Waals surface area contributed by atoms with Gasteiger partial charge in [-0.1, -0.05) is 12.1 Å². The lowest BCUT2D eigenvalue weighted by Crippen LogP contribution is -2.37. The normalized spacial score (nSPS) is 20.2. The predicted octanol–water partition coefficient (Wildman–Crippen LogP) is 2.81. The van der Waals surface area contributed by atoms with E-state index < -0.39 is 17.0 Å². The fraction of sp³-hybridized carbons (Fsp3) is 0.533. The van der Waals surface area contributed by atoms with Crippen LogP contribution in [0.25, 0.3) is 0 Å². The molecule has 0 saturated heterocycles. The molecular formula is C15H21NO3S. The minimum atomic E-state index is -1.16. The molecule has 0 heterocycles. The predicted molar refractivity (Wildman–Crippen MR) is 80.1 cm³/mol. The van der Waals surface area contributed by atoms with E-state index in [9.17, 15) is 14.1 Å². The molecule has 1 aromatic rings.